The van der Waals surface area contributed by atoms with Gasteiger partial charge < -0.3 is 69.0 Å². The third kappa shape index (κ3) is 4.91. The lowest BCUT2D eigenvalue weighted by atomic mass is 9.99. The standard InChI is InChI=1S/C25H28O15/c1-35-8-4-9(26)15-13(5-8)38-11-2-3-12(18(29)16(11)20(15)31)39-25-23(34)21(32)19(30)14(40-25)7-37-24-22(33)17(28)10(27)6-36-24/h2-5,10,14,17,19,21-30,32-34H,6-7H2,1H3/t10-,14-,17+,19-,21+,22-,23-,24+,25-/m1/s1. The van der Waals surface area contributed by atoms with Crippen LogP contribution in [0.1, 0.15) is 0 Å². The van der Waals surface area contributed by atoms with Crippen LogP contribution in [-0.2, 0) is 14.2 Å². The Balaban J connectivity index is 1.39. The highest BCUT2D eigenvalue weighted by Crippen LogP contribution is 2.38. The number of methoxy groups -OCH3 is 1. The summed E-state index contributed by atoms with van der Waals surface area (Å²) in [5.74, 6) is -1.28. The first-order valence-electron chi connectivity index (χ1n) is 12.1. The second-order valence-electron chi connectivity index (χ2n) is 9.45. The van der Waals surface area contributed by atoms with Crippen LogP contribution < -0.4 is 14.9 Å². The van der Waals surface area contributed by atoms with Crippen LogP contribution in [0.3, 0.4) is 0 Å². The van der Waals surface area contributed by atoms with Crippen molar-refractivity contribution in [1.82, 2.24) is 0 Å². The highest BCUT2D eigenvalue weighted by Gasteiger charge is 2.46. The molecule has 2 aromatic carbocycles. The fourth-order valence-electron chi connectivity index (χ4n) is 4.59. The summed E-state index contributed by atoms with van der Waals surface area (Å²) in [7, 11) is 1.37. The van der Waals surface area contributed by atoms with E-state index < -0.39 is 78.8 Å². The molecular formula is C25H28O15. The van der Waals surface area contributed by atoms with Crippen molar-refractivity contribution in [2.45, 2.75) is 55.3 Å². The molecule has 0 bridgehead atoms. The topological polar surface area (TPSA) is 238 Å². The normalized spacial score (nSPS) is 32.8. The van der Waals surface area contributed by atoms with Gasteiger partial charge in [-0.1, -0.05) is 0 Å². The smallest absolute Gasteiger partial charge is 0.229 e. The number of hydrogen-bond donors (Lipinski definition) is 8. The maximum Gasteiger partial charge on any atom is 0.229 e. The van der Waals surface area contributed by atoms with E-state index in [0.717, 1.165) is 0 Å². The first-order valence-corrected chi connectivity index (χ1v) is 12.1. The van der Waals surface area contributed by atoms with Gasteiger partial charge in [0.15, 0.2) is 17.8 Å². The lowest BCUT2D eigenvalue weighted by Gasteiger charge is -2.41. The zero-order valence-electron chi connectivity index (χ0n) is 20.9. The van der Waals surface area contributed by atoms with Crippen LogP contribution in [0.5, 0.6) is 23.0 Å². The second-order valence-corrected chi connectivity index (χ2v) is 9.45. The summed E-state index contributed by atoms with van der Waals surface area (Å²) < 4.78 is 32.3. The van der Waals surface area contributed by atoms with Crippen LogP contribution in [0.15, 0.2) is 33.5 Å². The molecule has 8 N–H and O–H groups in total. The highest BCUT2D eigenvalue weighted by atomic mass is 16.7. The lowest BCUT2D eigenvalue weighted by molar-refractivity contribution is -0.307. The van der Waals surface area contributed by atoms with Crippen LogP contribution in [-0.4, -0.2) is 116 Å². The molecule has 15 heteroatoms. The van der Waals surface area contributed by atoms with Crippen molar-refractivity contribution in [2.24, 2.45) is 0 Å². The van der Waals surface area contributed by atoms with E-state index in [0.29, 0.717) is 0 Å². The van der Waals surface area contributed by atoms with E-state index >= 15 is 0 Å². The Morgan fingerprint density at radius 1 is 0.875 bits per heavy atom. The fourth-order valence-corrected chi connectivity index (χ4v) is 4.59. The van der Waals surface area contributed by atoms with Gasteiger partial charge in [-0.15, -0.1) is 0 Å². The van der Waals surface area contributed by atoms with Gasteiger partial charge in [0.25, 0.3) is 0 Å². The number of benzene rings is 2. The van der Waals surface area contributed by atoms with Gasteiger partial charge in [-0.25, -0.2) is 0 Å². The van der Waals surface area contributed by atoms with Crippen molar-refractivity contribution in [2.75, 3.05) is 20.3 Å². The van der Waals surface area contributed by atoms with E-state index in [4.69, 9.17) is 28.1 Å². The molecule has 3 heterocycles. The Hall–Kier alpha value is -3.25. The van der Waals surface area contributed by atoms with Gasteiger partial charge in [0.05, 0.1) is 20.3 Å². The SMILES string of the molecule is COc1cc(O)c2c(=O)c3c(O)c(O[C@@H]4O[C@H](CO[C@@H]5OC[C@@H](O)[C@H](O)[C@H]5O)[C@@H](O)[C@H](O)[C@H]4O)ccc3oc2c1. The highest BCUT2D eigenvalue weighted by molar-refractivity contribution is 5.97. The van der Waals surface area contributed by atoms with Gasteiger partial charge in [0.2, 0.25) is 11.7 Å². The van der Waals surface area contributed by atoms with Gasteiger partial charge in [-0.3, -0.25) is 4.79 Å². The molecule has 2 saturated heterocycles. The maximum absolute atomic E-state index is 13.2. The van der Waals surface area contributed by atoms with E-state index in [2.05, 4.69) is 0 Å². The van der Waals surface area contributed by atoms with Crippen molar-refractivity contribution in [3.63, 3.8) is 0 Å². The average molecular weight is 568 g/mol. The number of hydrogen-bond acceptors (Lipinski definition) is 15. The molecule has 0 saturated carbocycles. The Kier molecular flexibility index (Phi) is 7.75. The number of ether oxygens (including phenoxy) is 5. The summed E-state index contributed by atoms with van der Waals surface area (Å²) in [6.07, 6.45) is -14.2. The predicted octanol–water partition coefficient (Wildman–Crippen LogP) is -1.99. The summed E-state index contributed by atoms with van der Waals surface area (Å²) in [5.41, 5.74) is -0.841. The molecular weight excluding hydrogens is 540 g/mol. The molecule has 0 amide bonds. The summed E-state index contributed by atoms with van der Waals surface area (Å²) >= 11 is 0. The largest absolute Gasteiger partial charge is 0.507 e. The molecule has 2 aliphatic heterocycles. The number of aliphatic hydroxyl groups is 6. The van der Waals surface area contributed by atoms with Gasteiger partial charge >= 0.3 is 0 Å². The summed E-state index contributed by atoms with van der Waals surface area (Å²) in [6, 6.07) is 5.09. The third-order valence-electron chi connectivity index (χ3n) is 6.86. The second kappa shape index (κ2) is 11.0. The molecule has 40 heavy (non-hydrogen) atoms. The van der Waals surface area contributed by atoms with E-state index in [9.17, 15) is 45.6 Å². The van der Waals surface area contributed by atoms with Crippen LogP contribution in [0.4, 0.5) is 0 Å². The average Bonchev–Trinajstić information content (AvgIpc) is 2.93. The van der Waals surface area contributed by atoms with Gasteiger partial charge in [-0.05, 0) is 12.1 Å². The van der Waals surface area contributed by atoms with E-state index in [1.54, 1.807) is 0 Å². The molecule has 3 aromatic rings. The van der Waals surface area contributed by atoms with Crippen LogP contribution in [0.25, 0.3) is 21.9 Å². The molecule has 9 atom stereocenters. The Labute approximate surface area is 224 Å². The molecule has 1 aromatic heterocycles. The molecule has 2 aliphatic rings. The third-order valence-corrected chi connectivity index (χ3v) is 6.86. The van der Waals surface area contributed by atoms with Gasteiger partial charge in [-0.2, -0.15) is 0 Å². The molecule has 15 nitrogen and oxygen atoms in total. The zero-order chi connectivity index (χ0) is 28.9. The van der Waals surface area contributed by atoms with E-state index in [1.807, 2.05) is 0 Å². The monoisotopic (exact) mass is 568 g/mol. The Morgan fingerprint density at radius 2 is 1.60 bits per heavy atom. The molecule has 5 rings (SSSR count). The minimum atomic E-state index is -1.82. The number of rotatable bonds is 6. The summed E-state index contributed by atoms with van der Waals surface area (Å²) in [5, 5.41) is 81.2. The number of phenols is 2. The number of phenolic OH excluding ortho intramolecular Hbond substituents is 2. The Bertz CT molecular complexity index is 1440. The zero-order valence-corrected chi connectivity index (χ0v) is 20.9. The van der Waals surface area contributed by atoms with Crippen LogP contribution in [0, 0.1) is 0 Å². The van der Waals surface area contributed by atoms with Crippen molar-refractivity contribution < 1.29 is 69.0 Å². The predicted molar refractivity (Wildman–Crippen MR) is 131 cm³/mol. The number of aliphatic hydroxyl groups excluding tert-OH is 6. The van der Waals surface area contributed by atoms with Crippen molar-refractivity contribution in [3.05, 3.63) is 34.5 Å². The van der Waals surface area contributed by atoms with E-state index in [-0.39, 0.29) is 40.0 Å². The lowest BCUT2D eigenvalue weighted by Crippen LogP contribution is -2.61. The summed E-state index contributed by atoms with van der Waals surface area (Å²) in [6.45, 7) is -0.850. The fraction of sp³-hybridized carbons (Fsp3) is 0.480. The van der Waals surface area contributed by atoms with Gasteiger partial charge in [0, 0.05) is 12.1 Å². The molecule has 0 aliphatic carbocycles. The Morgan fingerprint density at radius 3 is 2.33 bits per heavy atom. The van der Waals surface area contributed by atoms with Crippen molar-refractivity contribution in [3.8, 4) is 23.0 Å². The first-order chi connectivity index (χ1) is 19.0. The van der Waals surface area contributed by atoms with Crippen LogP contribution >= 0.6 is 0 Å². The quantitative estimate of drug-likeness (QED) is 0.150. The molecule has 0 unspecified atom stereocenters. The van der Waals surface area contributed by atoms with Gasteiger partial charge in [0.1, 0.15) is 76.2 Å². The van der Waals surface area contributed by atoms with Crippen molar-refractivity contribution >= 4 is 21.9 Å². The number of fused-ring (bicyclic) bond motifs is 2. The minimum Gasteiger partial charge on any atom is -0.507 e. The molecule has 218 valence electrons. The van der Waals surface area contributed by atoms with E-state index in [1.165, 1.54) is 31.4 Å². The molecule has 0 radical (unpaired) electrons. The van der Waals surface area contributed by atoms with Crippen molar-refractivity contribution in [1.29, 1.82) is 0 Å². The minimum absolute atomic E-state index is 0.00231. The summed E-state index contributed by atoms with van der Waals surface area (Å²) in [4.78, 5) is 13.2. The number of aromatic hydroxyl groups is 2. The molecule has 0 spiro atoms. The first kappa shape index (κ1) is 28.3. The molecule has 2 fully saturated rings. The maximum atomic E-state index is 13.2. The van der Waals surface area contributed by atoms with Crippen LogP contribution in [0.2, 0.25) is 0 Å².